The van der Waals surface area contributed by atoms with Gasteiger partial charge in [0.15, 0.2) is 0 Å². The Hall–Kier alpha value is -1.16. The Kier molecular flexibility index (Phi) is 2.99. The number of terminal acetylenes is 1. The molecule has 0 saturated heterocycles. The third-order valence-corrected chi connectivity index (χ3v) is 1.95. The second kappa shape index (κ2) is 4.02. The summed E-state index contributed by atoms with van der Waals surface area (Å²) in [6.07, 6.45) is 6.18. The summed E-state index contributed by atoms with van der Waals surface area (Å²) >= 11 is 0. The van der Waals surface area contributed by atoms with Crippen LogP contribution in [0.3, 0.4) is 0 Å². The Bertz CT molecular complexity index is 279. The molecule has 0 amide bonds. The van der Waals surface area contributed by atoms with Crippen molar-refractivity contribution in [2.45, 2.75) is 19.2 Å². The summed E-state index contributed by atoms with van der Waals surface area (Å²) in [6.45, 7) is 2.07. The molecule has 58 valence electrons. The fraction of sp³-hybridized carbons (Fsp3) is 0.273. The summed E-state index contributed by atoms with van der Waals surface area (Å²) in [5.74, 6) is 2.71. The van der Waals surface area contributed by atoms with E-state index in [1.807, 2.05) is 24.3 Å². The van der Waals surface area contributed by atoms with Crippen molar-refractivity contribution in [3.8, 4) is 12.3 Å². The summed E-state index contributed by atoms with van der Waals surface area (Å²) in [5, 5.41) is 0. The molecule has 1 aromatic rings. The van der Waals surface area contributed by atoms with Gasteiger partial charge in [0.2, 0.25) is 0 Å². The molecule has 0 N–H and O–H groups in total. The second-order valence-corrected chi connectivity index (χ2v) is 2.78. The van der Waals surface area contributed by atoms with Crippen LogP contribution in [0.4, 0.5) is 0 Å². The number of benzene rings is 1. The third-order valence-electron chi connectivity index (χ3n) is 1.95. The van der Waals surface area contributed by atoms with Gasteiger partial charge in [0.05, 0.1) is 7.85 Å². The Morgan fingerprint density at radius 3 is 2.42 bits per heavy atom. The molecule has 0 aliphatic carbocycles. The Labute approximate surface area is 75.4 Å². The van der Waals surface area contributed by atoms with Crippen LogP contribution >= 0.6 is 0 Å². The van der Waals surface area contributed by atoms with Gasteiger partial charge in [0.1, 0.15) is 0 Å². The summed E-state index contributed by atoms with van der Waals surface area (Å²) in [4.78, 5) is 0. The maximum atomic E-state index is 5.83. The molecule has 0 fully saturated rings. The van der Waals surface area contributed by atoms with Crippen LogP contribution in [-0.4, -0.2) is 7.85 Å². The molecule has 12 heavy (non-hydrogen) atoms. The zero-order valence-corrected chi connectivity index (χ0v) is 7.25. The van der Waals surface area contributed by atoms with E-state index in [-0.39, 0.29) is 5.82 Å². The van der Waals surface area contributed by atoms with Gasteiger partial charge in [-0.3, -0.25) is 0 Å². The monoisotopic (exact) mass is 154 g/mol. The minimum Gasteiger partial charge on any atom is -0.115 e. The highest BCUT2D eigenvalue weighted by Gasteiger charge is 2.00. The van der Waals surface area contributed by atoms with E-state index < -0.39 is 0 Å². The van der Waals surface area contributed by atoms with Crippen molar-refractivity contribution in [1.82, 2.24) is 0 Å². The molecule has 1 aromatic carbocycles. The van der Waals surface area contributed by atoms with Crippen LogP contribution in [0.25, 0.3) is 0 Å². The van der Waals surface area contributed by atoms with E-state index in [4.69, 9.17) is 14.3 Å². The van der Waals surface area contributed by atoms with Crippen LogP contribution in [0.2, 0.25) is 0 Å². The summed E-state index contributed by atoms with van der Waals surface area (Å²) < 4.78 is 0. The smallest absolute Gasteiger partial charge is 0.0763 e. The Balaban J connectivity index is 2.86. The van der Waals surface area contributed by atoms with Crippen molar-refractivity contribution >= 4 is 7.85 Å². The predicted molar refractivity (Wildman–Crippen MR) is 53.2 cm³/mol. The van der Waals surface area contributed by atoms with Gasteiger partial charge in [-0.05, 0) is 12.1 Å². The second-order valence-electron chi connectivity index (χ2n) is 2.78. The van der Waals surface area contributed by atoms with Crippen LogP contribution in [-0.2, 0) is 0 Å². The molecule has 0 aliphatic rings. The van der Waals surface area contributed by atoms with Crippen molar-refractivity contribution < 1.29 is 0 Å². The van der Waals surface area contributed by atoms with Gasteiger partial charge in [-0.1, -0.05) is 42.8 Å². The first-order valence-electron chi connectivity index (χ1n) is 4.10. The summed E-state index contributed by atoms with van der Waals surface area (Å²) in [7, 11) is 5.83. The van der Waals surface area contributed by atoms with Gasteiger partial charge < -0.3 is 0 Å². The molecule has 0 heterocycles. The minimum absolute atomic E-state index is 0.136. The lowest BCUT2D eigenvalue weighted by Crippen LogP contribution is -1.95. The molecule has 0 spiro atoms. The first-order chi connectivity index (χ1) is 5.77. The Morgan fingerprint density at radius 2 is 2.00 bits per heavy atom. The molecule has 0 aliphatic heterocycles. The largest absolute Gasteiger partial charge is 0.115 e. The van der Waals surface area contributed by atoms with Crippen LogP contribution in [0.15, 0.2) is 24.3 Å². The lowest BCUT2D eigenvalue weighted by atomic mass is 9.79. The SMILES string of the molecule is [B]C(CC)c1ccc(C#C)cc1. The van der Waals surface area contributed by atoms with Crippen molar-refractivity contribution in [3.05, 3.63) is 35.4 Å². The molecule has 2 radical (unpaired) electrons. The average molecular weight is 154 g/mol. The fourth-order valence-electron chi connectivity index (χ4n) is 1.06. The molecular weight excluding hydrogens is 143 g/mol. The molecule has 1 unspecified atom stereocenters. The third kappa shape index (κ3) is 1.92. The standard InChI is InChI=1S/C11H11B/c1-3-9-5-7-10(8-6-9)11(12)4-2/h1,5-8,11H,4H2,2H3. The summed E-state index contributed by atoms with van der Waals surface area (Å²) in [5.41, 5.74) is 2.05. The lowest BCUT2D eigenvalue weighted by Gasteiger charge is -2.08. The minimum atomic E-state index is 0.136. The van der Waals surface area contributed by atoms with Crippen LogP contribution in [0.1, 0.15) is 30.3 Å². The zero-order chi connectivity index (χ0) is 8.97. The van der Waals surface area contributed by atoms with Gasteiger partial charge in [0, 0.05) is 5.56 Å². The molecule has 0 bridgehead atoms. The van der Waals surface area contributed by atoms with E-state index in [0.717, 1.165) is 17.5 Å². The van der Waals surface area contributed by atoms with E-state index in [1.165, 1.54) is 0 Å². The first kappa shape index (κ1) is 8.94. The van der Waals surface area contributed by atoms with Crippen molar-refractivity contribution in [1.29, 1.82) is 0 Å². The quantitative estimate of drug-likeness (QED) is 0.452. The topological polar surface area (TPSA) is 0 Å². The van der Waals surface area contributed by atoms with Gasteiger partial charge in [-0.25, -0.2) is 0 Å². The van der Waals surface area contributed by atoms with Gasteiger partial charge in [-0.15, -0.1) is 6.42 Å². The maximum Gasteiger partial charge on any atom is 0.0763 e. The van der Waals surface area contributed by atoms with Crippen LogP contribution in [0, 0.1) is 12.3 Å². The predicted octanol–water partition coefficient (Wildman–Crippen LogP) is 2.29. The highest BCUT2D eigenvalue weighted by atomic mass is 14.0. The number of hydrogen-bond acceptors (Lipinski definition) is 0. The van der Waals surface area contributed by atoms with E-state index >= 15 is 0 Å². The van der Waals surface area contributed by atoms with E-state index in [9.17, 15) is 0 Å². The average Bonchev–Trinajstić information content (AvgIpc) is 2.17. The highest BCUT2D eigenvalue weighted by molar-refractivity contribution is 6.12. The van der Waals surface area contributed by atoms with Gasteiger partial charge in [-0.2, -0.15) is 0 Å². The molecule has 1 atom stereocenters. The molecule has 0 nitrogen and oxygen atoms in total. The Morgan fingerprint density at radius 1 is 1.42 bits per heavy atom. The molecule has 0 aromatic heterocycles. The van der Waals surface area contributed by atoms with E-state index in [1.54, 1.807) is 0 Å². The van der Waals surface area contributed by atoms with Crippen molar-refractivity contribution in [2.75, 3.05) is 0 Å². The first-order valence-corrected chi connectivity index (χ1v) is 4.10. The number of rotatable bonds is 2. The van der Waals surface area contributed by atoms with Crippen molar-refractivity contribution in [3.63, 3.8) is 0 Å². The maximum absolute atomic E-state index is 5.83. The zero-order valence-electron chi connectivity index (χ0n) is 7.25. The van der Waals surface area contributed by atoms with E-state index in [2.05, 4.69) is 12.8 Å². The van der Waals surface area contributed by atoms with E-state index in [0.29, 0.717) is 0 Å². The van der Waals surface area contributed by atoms with Crippen LogP contribution < -0.4 is 0 Å². The summed E-state index contributed by atoms with van der Waals surface area (Å²) in [6, 6.07) is 7.82. The fourth-order valence-corrected chi connectivity index (χ4v) is 1.06. The molecule has 1 rings (SSSR count). The highest BCUT2D eigenvalue weighted by Crippen LogP contribution is 2.15. The molecule has 1 heteroatoms. The van der Waals surface area contributed by atoms with Gasteiger partial charge >= 0.3 is 0 Å². The normalized spacial score (nSPS) is 12.0. The molecule has 0 saturated carbocycles. The van der Waals surface area contributed by atoms with Crippen LogP contribution in [0.5, 0.6) is 0 Å². The number of hydrogen-bond donors (Lipinski definition) is 0. The van der Waals surface area contributed by atoms with Gasteiger partial charge in [0.25, 0.3) is 0 Å². The van der Waals surface area contributed by atoms with Crippen molar-refractivity contribution in [2.24, 2.45) is 0 Å². The molecular formula is C11H11B. The lowest BCUT2D eigenvalue weighted by molar-refractivity contribution is 0.882.